The Labute approximate surface area is 124 Å². The predicted octanol–water partition coefficient (Wildman–Crippen LogP) is 1.71. The molecule has 114 valence electrons. The van der Waals surface area contributed by atoms with Gasteiger partial charge >= 0.3 is 0 Å². The highest BCUT2D eigenvalue weighted by Gasteiger charge is 2.09. The Balaban J connectivity index is 1.48. The van der Waals surface area contributed by atoms with Gasteiger partial charge in [-0.25, -0.2) is 4.98 Å². The Bertz CT molecular complexity index is 578. The zero-order valence-corrected chi connectivity index (χ0v) is 12.4. The number of anilines is 1. The summed E-state index contributed by atoms with van der Waals surface area (Å²) < 4.78 is 10.6. The first-order valence-electron chi connectivity index (χ1n) is 7.43. The largest absolute Gasteiger partial charge is 0.497 e. The summed E-state index contributed by atoms with van der Waals surface area (Å²) in [7, 11) is 1.67. The number of benzene rings is 1. The topological polar surface area (TPSA) is 62.4 Å². The fourth-order valence-electron chi connectivity index (χ4n) is 2.53. The van der Waals surface area contributed by atoms with Crippen molar-refractivity contribution >= 4 is 17.0 Å². The molecule has 2 aromatic rings. The highest BCUT2D eigenvalue weighted by Crippen LogP contribution is 2.20. The minimum atomic E-state index is 0.820. The summed E-state index contributed by atoms with van der Waals surface area (Å²) in [6.07, 6.45) is 1.10. The molecule has 1 aromatic heterocycles. The molecule has 0 saturated carbocycles. The van der Waals surface area contributed by atoms with Gasteiger partial charge in [-0.2, -0.15) is 0 Å². The number of hydrogen-bond donors (Lipinski definition) is 2. The Hall–Kier alpha value is -1.79. The molecule has 6 heteroatoms. The molecule has 1 aromatic carbocycles. The van der Waals surface area contributed by atoms with Crippen LogP contribution in [0.15, 0.2) is 18.2 Å². The fourth-order valence-corrected chi connectivity index (χ4v) is 2.53. The molecule has 0 atom stereocenters. The van der Waals surface area contributed by atoms with Gasteiger partial charge in [0.25, 0.3) is 0 Å². The lowest BCUT2D eigenvalue weighted by Gasteiger charge is -2.26. The van der Waals surface area contributed by atoms with Gasteiger partial charge in [0.15, 0.2) is 0 Å². The van der Waals surface area contributed by atoms with Crippen LogP contribution in [-0.4, -0.2) is 61.4 Å². The molecule has 0 aliphatic carbocycles. The van der Waals surface area contributed by atoms with Crippen LogP contribution in [0.1, 0.15) is 6.42 Å². The van der Waals surface area contributed by atoms with Gasteiger partial charge < -0.3 is 19.8 Å². The first kappa shape index (κ1) is 14.2. The van der Waals surface area contributed by atoms with Crippen molar-refractivity contribution < 1.29 is 9.47 Å². The van der Waals surface area contributed by atoms with E-state index in [1.165, 1.54) is 0 Å². The molecule has 2 heterocycles. The first-order chi connectivity index (χ1) is 10.3. The maximum atomic E-state index is 5.35. The van der Waals surface area contributed by atoms with Gasteiger partial charge in [0.05, 0.1) is 31.4 Å². The Morgan fingerprint density at radius 2 is 2.24 bits per heavy atom. The molecule has 3 rings (SSSR count). The number of nitrogens with one attached hydrogen (secondary N) is 2. The van der Waals surface area contributed by atoms with Crippen molar-refractivity contribution in [3.63, 3.8) is 0 Å². The zero-order chi connectivity index (χ0) is 14.5. The van der Waals surface area contributed by atoms with Crippen LogP contribution in [0, 0.1) is 0 Å². The molecular formula is C15H22N4O2. The van der Waals surface area contributed by atoms with E-state index in [0.717, 1.165) is 68.5 Å². The van der Waals surface area contributed by atoms with E-state index in [2.05, 4.69) is 20.2 Å². The van der Waals surface area contributed by atoms with E-state index < -0.39 is 0 Å². The number of ether oxygens (including phenoxy) is 2. The standard InChI is InChI=1S/C15H22N4O2/c1-20-12-3-4-13-14(11-12)18-15(17-13)16-5-2-6-19-7-9-21-10-8-19/h3-4,11H,2,5-10H2,1H3,(H2,16,17,18). The second-order valence-corrected chi connectivity index (χ2v) is 5.20. The molecule has 0 spiro atoms. The molecule has 1 aliphatic heterocycles. The minimum absolute atomic E-state index is 0.820. The summed E-state index contributed by atoms with van der Waals surface area (Å²) in [4.78, 5) is 10.2. The summed E-state index contributed by atoms with van der Waals surface area (Å²) in [6, 6.07) is 5.84. The number of morpholine rings is 1. The van der Waals surface area contributed by atoms with Crippen molar-refractivity contribution in [3.8, 4) is 5.75 Å². The van der Waals surface area contributed by atoms with Gasteiger partial charge in [-0.15, -0.1) is 0 Å². The first-order valence-corrected chi connectivity index (χ1v) is 7.43. The normalized spacial score (nSPS) is 16.2. The van der Waals surface area contributed by atoms with E-state index in [0.29, 0.717) is 0 Å². The van der Waals surface area contributed by atoms with Gasteiger partial charge in [-0.05, 0) is 25.1 Å². The number of fused-ring (bicyclic) bond motifs is 1. The summed E-state index contributed by atoms with van der Waals surface area (Å²) >= 11 is 0. The molecule has 21 heavy (non-hydrogen) atoms. The Kier molecular flexibility index (Phi) is 4.57. The molecule has 0 bridgehead atoms. The Morgan fingerprint density at radius 1 is 1.38 bits per heavy atom. The van der Waals surface area contributed by atoms with Crippen LogP contribution in [0.25, 0.3) is 11.0 Å². The third kappa shape index (κ3) is 3.65. The van der Waals surface area contributed by atoms with Crippen molar-refractivity contribution in [1.82, 2.24) is 14.9 Å². The highest BCUT2D eigenvalue weighted by atomic mass is 16.5. The lowest BCUT2D eigenvalue weighted by atomic mass is 10.3. The number of hydrogen-bond acceptors (Lipinski definition) is 5. The van der Waals surface area contributed by atoms with Crippen LogP contribution in [0.4, 0.5) is 5.95 Å². The van der Waals surface area contributed by atoms with Gasteiger partial charge in [0, 0.05) is 25.7 Å². The van der Waals surface area contributed by atoms with Crippen molar-refractivity contribution in [3.05, 3.63) is 18.2 Å². The number of H-pyrrole nitrogens is 1. The van der Waals surface area contributed by atoms with E-state index in [1.54, 1.807) is 7.11 Å². The zero-order valence-electron chi connectivity index (χ0n) is 12.4. The van der Waals surface area contributed by atoms with Crippen LogP contribution in [-0.2, 0) is 4.74 Å². The van der Waals surface area contributed by atoms with Gasteiger partial charge in [-0.3, -0.25) is 4.90 Å². The van der Waals surface area contributed by atoms with Gasteiger partial charge in [-0.1, -0.05) is 0 Å². The molecule has 1 fully saturated rings. The van der Waals surface area contributed by atoms with Crippen LogP contribution >= 0.6 is 0 Å². The monoisotopic (exact) mass is 290 g/mol. The highest BCUT2D eigenvalue weighted by molar-refractivity contribution is 5.79. The number of aromatic amines is 1. The number of nitrogens with zero attached hydrogens (tertiary/aromatic N) is 2. The summed E-state index contributed by atoms with van der Waals surface area (Å²) in [5.74, 6) is 1.66. The fraction of sp³-hybridized carbons (Fsp3) is 0.533. The molecule has 1 saturated heterocycles. The van der Waals surface area contributed by atoms with Crippen molar-refractivity contribution in [2.75, 3.05) is 51.8 Å². The maximum Gasteiger partial charge on any atom is 0.201 e. The van der Waals surface area contributed by atoms with Gasteiger partial charge in [0.1, 0.15) is 5.75 Å². The summed E-state index contributed by atoms with van der Waals surface area (Å²) in [5.41, 5.74) is 1.94. The molecule has 2 N–H and O–H groups in total. The van der Waals surface area contributed by atoms with Crippen molar-refractivity contribution in [1.29, 1.82) is 0 Å². The van der Waals surface area contributed by atoms with E-state index in [9.17, 15) is 0 Å². The third-order valence-electron chi connectivity index (χ3n) is 3.74. The number of imidazole rings is 1. The number of rotatable bonds is 6. The quantitative estimate of drug-likeness (QED) is 0.793. The van der Waals surface area contributed by atoms with Crippen LogP contribution < -0.4 is 10.1 Å². The smallest absolute Gasteiger partial charge is 0.201 e. The minimum Gasteiger partial charge on any atom is -0.497 e. The lowest BCUT2D eigenvalue weighted by molar-refractivity contribution is 0.0378. The molecule has 6 nitrogen and oxygen atoms in total. The van der Waals surface area contributed by atoms with Crippen LogP contribution in [0.5, 0.6) is 5.75 Å². The van der Waals surface area contributed by atoms with Crippen LogP contribution in [0.2, 0.25) is 0 Å². The van der Waals surface area contributed by atoms with Gasteiger partial charge in [0.2, 0.25) is 5.95 Å². The SMILES string of the molecule is COc1ccc2nc(NCCCN3CCOCC3)[nH]c2c1. The predicted molar refractivity (Wildman–Crippen MR) is 83.0 cm³/mol. The van der Waals surface area contributed by atoms with E-state index >= 15 is 0 Å². The average Bonchev–Trinajstić information content (AvgIpc) is 2.94. The molecule has 0 unspecified atom stereocenters. The van der Waals surface area contributed by atoms with Crippen LogP contribution in [0.3, 0.4) is 0 Å². The molecule has 0 radical (unpaired) electrons. The van der Waals surface area contributed by atoms with E-state index in [4.69, 9.17) is 9.47 Å². The second-order valence-electron chi connectivity index (χ2n) is 5.20. The molecular weight excluding hydrogens is 268 g/mol. The van der Waals surface area contributed by atoms with E-state index in [-0.39, 0.29) is 0 Å². The maximum absolute atomic E-state index is 5.35. The number of aromatic nitrogens is 2. The summed E-state index contributed by atoms with van der Waals surface area (Å²) in [6.45, 7) is 5.82. The average molecular weight is 290 g/mol. The number of methoxy groups -OCH3 is 1. The molecule has 0 amide bonds. The van der Waals surface area contributed by atoms with Crippen molar-refractivity contribution in [2.24, 2.45) is 0 Å². The lowest BCUT2D eigenvalue weighted by Crippen LogP contribution is -2.37. The Morgan fingerprint density at radius 3 is 3.05 bits per heavy atom. The summed E-state index contributed by atoms with van der Waals surface area (Å²) in [5, 5.41) is 3.35. The van der Waals surface area contributed by atoms with Crippen molar-refractivity contribution in [2.45, 2.75) is 6.42 Å². The molecule has 1 aliphatic rings. The third-order valence-corrected chi connectivity index (χ3v) is 3.74. The second kappa shape index (κ2) is 6.78. The van der Waals surface area contributed by atoms with E-state index in [1.807, 2.05) is 18.2 Å².